The van der Waals surface area contributed by atoms with Crippen LogP contribution in [0, 0.1) is 17.8 Å². The monoisotopic (exact) mass is 204 g/mol. The zero-order chi connectivity index (χ0) is 10.3. The second-order valence-electron chi connectivity index (χ2n) is 4.91. The summed E-state index contributed by atoms with van der Waals surface area (Å²) in [6.45, 7) is 0. The molecule has 1 aromatic rings. The summed E-state index contributed by atoms with van der Waals surface area (Å²) < 4.78 is 0. The van der Waals surface area contributed by atoms with Crippen molar-refractivity contribution in [2.45, 2.75) is 32.1 Å². The Bertz CT molecular complexity index is 358. The van der Waals surface area contributed by atoms with Crippen molar-refractivity contribution in [3.8, 4) is 0 Å². The third kappa shape index (κ3) is 1.50. The van der Waals surface area contributed by atoms with Gasteiger partial charge in [0, 0.05) is 23.7 Å². The van der Waals surface area contributed by atoms with Crippen molar-refractivity contribution in [2.75, 3.05) is 0 Å². The maximum Gasteiger partial charge on any atom is 0.139 e. The van der Waals surface area contributed by atoms with Crippen LogP contribution in [0.2, 0.25) is 0 Å². The fourth-order valence-electron chi connectivity index (χ4n) is 3.32. The van der Waals surface area contributed by atoms with Gasteiger partial charge in [0.05, 0.1) is 6.33 Å². The molecule has 0 radical (unpaired) electrons. The van der Waals surface area contributed by atoms with E-state index < -0.39 is 0 Å². The molecule has 2 fully saturated rings. The number of Topliss-reactive ketones (excluding diaryl/α,β-unsaturated/α-hetero) is 1. The molecule has 2 saturated carbocycles. The molecule has 0 spiro atoms. The maximum absolute atomic E-state index is 12.1. The molecule has 15 heavy (non-hydrogen) atoms. The van der Waals surface area contributed by atoms with Gasteiger partial charge in [-0.15, -0.1) is 0 Å². The minimum atomic E-state index is 0.265. The Morgan fingerprint density at radius 1 is 1.47 bits per heavy atom. The molecule has 80 valence electrons. The molecule has 0 aromatic carbocycles. The van der Waals surface area contributed by atoms with E-state index in [1.54, 1.807) is 6.33 Å². The smallest absolute Gasteiger partial charge is 0.139 e. The molecule has 3 atom stereocenters. The molecular formula is C12H16N2O. The van der Waals surface area contributed by atoms with Crippen LogP contribution >= 0.6 is 0 Å². The number of nitrogens with one attached hydrogen (secondary N) is 1. The molecule has 2 aliphatic rings. The number of carbonyl (C=O) groups excluding carboxylic acids is 1. The van der Waals surface area contributed by atoms with Crippen LogP contribution < -0.4 is 0 Å². The predicted octanol–water partition coefficient (Wildman–Crippen LogP) is 1.96. The molecule has 0 aliphatic heterocycles. The fraction of sp³-hybridized carbons (Fsp3) is 0.667. The lowest BCUT2D eigenvalue weighted by molar-refractivity contribution is -0.124. The Morgan fingerprint density at radius 3 is 3.13 bits per heavy atom. The summed E-state index contributed by atoms with van der Waals surface area (Å²) in [4.78, 5) is 19.2. The van der Waals surface area contributed by atoms with E-state index in [1.807, 2.05) is 6.20 Å². The summed E-state index contributed by atoms with van der Waals surface area (Å²) in [7, 11) is 0. The van der Waals surface area contributed by atoms with Crippen molar-refractivity contribution < 1.29 is 4.79 Å². The number of nitrogens with zero attached hydrogens (tertiary/aromatic N) is 1. The molecule has 1 N–H and O–H groups in total. The van der Waals surface area contributed by atoms with Crippen molar-refractivity contribution in [2.24, 2.45) is 17.8 Å². The van der Waals surface area contributed by atoms with E-state index in [4.69, 9.17) is 0 Å². The number of aromatic amines is 1. The molecule has 3 rings (SSSR count). The highest BCUT2D eigenvalue weighted by Crippen LogP contribution is 2.45. The van der Waals surface area contributed by atoms with Crippen molar-refractivity contribution in [3.63, 3.8) is 0 Å². The summed E-state index contributed by atoms with van der Waals surface area (Å²) >= 11 is 0. The number of rotatable bonds is 2. The zero-order valence-electron chi connectivity index (χ0n) is 8.78. The second kappa shape index (κ2) is 3.47. The van der Waals surface area contributed by atoms with Crippen LogP contribution in [0.25, 0.3) is 0 Å². The lowest BCUT2D eigenvalue weighted by atomic mass is 9.97. The van der Waals surface area contributed by atoms with E-state index in [0.29, 0.717) is 17.6 Å². The molecule has 0 bridgehead atoms. The largest absolute Gasteiger partial charge is 0.348 e. The molecule has 1 aromatic heterocycles. The lowest BCUT2D eigenvalue weighted by Crippen LogP contribution is -2.15. The Kier molecular flexibility index (Phi) is 2.11. The summed E-state index contributed by atoms with van der Waals surface area (Å²) in [5.74, 6) is 1.89. The highest BCUT2D eigenvalue weighted by molar-refractivity contribution is 5.86. The van der Waals surface area contributed by atoms with Crippen molar-refractivity contribution in [1.82, 2.24) is 9.97 Å². The van der Waals surface area contributed by atoms with E-state index in [2.05, 4.69) is 9.97 Å². The van der Waals surface area contributed by atoms with E-state index in [-0.39, 0.29) is 5.92 Å². The van der Waals surface area contributed by atoms with Crippen LogP contribution in [-0.4, -0.2) is 15.8 Å². The quantitative estimate of drug-likeness (QED) is 0.800. The summed E-state index contributed by atoms with van der Waals surface area (Å²) in [5, 5.41) is 0. The average molecular weight is 204 g/mol. The number of aromatic nitrogens is 2. The van der Waals surface area contributed by atoms with E-state index in [0.717, 1.165) is 25.0 Å². The van der Waals surface area contributed by atoms with Gasteiger partial charge in [-0.1, -0.05) is 6.42 Å². The average Bonchev–Trinajstić information content (AvgIpc) is 2.89. The summed E-state index contributed by atoms with van der Waals surface area (Å²) in [5.41, 5.74) is 1.10. The first-order valence-electron chi connectivity index (χ1n) is 5.85. The lowest BCUT2D eigenvalue weighted by Gasteiger charge is -2.07. The minimum absolute atomic E-state index is 0.265. The Balaban J connectivity index is 1.71. The molecule has 0 saturated heterocycles. The van der Waals surface area contributed by atoms with Gasteiger partial charge in [0.2, 0.25) is 0 Å². The van der Waals surface area contributed by atoms with Gasteiger partial charge in [0.15, 0.2) is 0 Å². The summed E-state index contributed by atoms with van der Waals surface area (Å²) in [6.07, 6.45) is 9.18. The highest BCUT2D eigenvalue weighted by Gasteiger charge is 2.44. The van der Waals surface area contributed by atoms with E-state index in [1.165, 1.54) is 12.8 Å². The minimum Gasteiger partial charge on any atom is -0.348 e. The Morgan fingerprint density at radius 2 is 2.40 bits per heavy atom. The predicted molar refractivity (Wildman–Crippen MR) is 56.2 cm³/mol. The Hall–Kier alpha value is -1.12. The van der Waals surface area contributed by atoms with Crippen LogP contribution in [-0.2, 0) is 11.2 Å². The fourth-order valence-corrected chi connectivity index (χ4v) is 3.32. The van der Waals surface area contributed by atoms with E-state index in [9.17, 15) is 4.79 Å². The SMILES string of the molecule is O=C1C(Cc2cnc[nH]2)CC2CCCC12. The Labute approximate surface area is 89.3 Å². The van der Waals surface area contributed by atoms with Gasteiger partial charge in [0.1, 0.15) is 5.78 Å². The number of hydrogen-bond donors (Lipinski definition) is 1. The first-order valence-corrected chi connectivity index (χ1v) is 5.85. The van der Waals surface area contributed by atoms with Gasteiger partial charge in [-0.2, -0.15) is 0 Å². The zero-order valence-corrected chi connectivity index (χ0v) is 8.78. The van der Waals surface area contributed by atoms with Crippen molar-refractivity contribution in [3.05, 3.63) is 18.2 Å². The number of imidazole rings is 1. The number of ketones is 1. The molecule has 3 nitrogen and oxygen atoms in total. The molecule has 3 heteroatoms. The summed E-state index contributed by atoms with van der Waals surface area (Å²) in [6, 6.07) is 0. The number of fused-ring (bicyclic) bond motifs is 1. The third-order valence-corrected chi connectivity index (χ3v) is 4.04. The standard InChI is InChI=1S/C12H16N2O/c15-12-9(5-10-6-13-7-14-10)4-8-2-1-3-11(8)12/h6-9,11H,1-5H2,(H,13,14). The van der Waals surface area contributed by atoms with Crippen LogP contribution in [0.5, 0.6) is 0 Å². The number of carbonyl (C=O) groups is 1. The van der Waals surface area contributed by atoms with Gasteiger partial charge in [0.25, 0.3) is 0 Å². The number of H-pyrrole nitrogens is 1. The van der Waals surface area contributed by atoms with Crippen molar-refractivity contribution in [1.29, 1.82) is 0 Å². The van der Waals surface area contributed by atoms with E-state index >= 15 is 0 Å². The van der Waals surface area contributed by atoms with Gasteiger partial charge < -0.3 is 4.98 Å². The first kappa shape index (κ1) is 9.13. The molecule has 2 aliphatic carbocycles. The maximum atomic E-state index is 12.1. The second-order valence-corrected chi connectivity index (χ2v) is 4.91. The topological polar surface area (TPSA) is 45.8 Å². The normalized spacial score (nSPS) is 34.7. The molecule has 0 amide bonds. The third-order valence-electron chi connectivity index (χ3n) is 4.04. The van der Waals surface area contributed by atoms with Gasteiger partial charge in [-0.05, 0) is 31.6 Å². The van der Waals surface area contributed by atoms with Crippen molar-refractivity contribution >= 4 is 5.78 Å². The van der Waals surface area contributed by atoms with Crippen LogP contribution in [0.4, 0.5) is 0 Å². The van der Waals surface area contributed by atoms with Crippen LogP contribution in [0.3, 0.4) is 0 Å². The first-order chi connectivity index (χ1) is 7.34. The van der Waals surface area contributed by atoms with Crippen LogP contribution in [0.1, 0.15) is 31.4 Å². The highest BCUT2D eigenvalue weighted by atomic mass is 16.1. The van der Waals surface area contributed by atoms with Gasteiger partial charge in [-0.3, -0.25) is 4.79 Å². The molecule has 3 unspecified atom stereocenters. The molecule has 1 heterocycles. The van der Waals surface area contributed by atoms with Crippen LogP contribution in [0.15, 0.2) is 12.5 Å². The number of hydrogen-bond acceptors (Lipinski definition) is 2. The molecular weight excluding hydrogens is 188 g/mol. The van der Waals surface area contributed by atoms with Gasteiger partial charge >= 0.3 is 0 Å². The van der Waals surface area contributed by atoms with Gasteiger partial charge in [-0.25, -0.2) is 4.98 Å².